The molecule has 0 unspecified atom stereocenters. The van der Waals surface area contributed by atoms with Crippen molar-refractivity contribution in [2.24, 2.45) is 5.92 Å². The summed E-state index contributed by atoms with van der Waals surface area (Å²) in [4.78, 5) is 0. The molecule has 0 amide bonds. The first-order chi connectivity index (χ1) is 12.6. The first kappa shape index (κ1) is 19.6. The van der Waals surface area contributed by atoms with Crippen LogP contribution in [0.2, 0.25) is 0 Å². The van der Waals surface area contributed by atoms with Crippen molar-refractivity contribution in [3.63, 3.8) is 0 Å². The zero-order valence-corrected chi connectivity index (χ0v) is 14.3. The van der Waals surface area contributed by atoms with Crippen LogP contribution in [-0.4, -0.2) is 12.3 Å². The molecule has 1 fully saturated rings. The summed E-state index contributed by atoms with van der Waals surface area (Å²) in [7, 11) is 0. The van der Waals surface area contributed by atoms with E-state index in [1.165, 1.54) is 30.3 Å². The molecule has 0 N–H and O–H groups in total. The largest absolute Gasteiger partial charge is 0.490 e. The standard InChI is InChI=1S/C20H18F6O/c1-2-12-3-9-16-13(11-12)4-10-17(18(16)20(24,25)26)27-15-7-5-14(6-8-15)19(21,22)23/h2-4,9-11,14-15H,1,5-8H2. The third-order valence-corrected chi connectivity index (χ3v) is 4.96. The SMILES string of the molecule is C=Cc1ccc2c(C(F)(F)F)c(OC3CCC(C(F)(F)F)CC3)ccc2c1. The Kier molecular flexibility index (Phi) is 5.14. The Bertz CT molecular complexity index is 829. The van der Waals surface area contributed by atoms with Gasteiger partial charge in [0, 0.05) is 0 Å². The lowest BCUT2D eigenvalue weighted by Crippen LogP contribution is -2.32. The minimum absolute atomic E-state index is 0.00502. The molecule has 0 saturated heterocycles. The highest BCUT2D eigenvalue weighted by molar-refractivity contribution is 5.90. The number of fused-ring (bicyclic) bond motifs is 1. The van der Waals surface area contributed by atoms with E-state index in [2.05, 4.69) is 6.58 Å². The average molecular weight is 388 g/mol. The van der Waals surface area contributed by atoms with Gasteiger partial charge in [0.2, 0.25) is 0 Å². The Morgan fingerprint density at radius 2 is 1.59 bits per heavy atom. The number of ether oxygens (including phenoxy) is 1. The Balaban J connectivity index is 1.90. The van der Waals surface area contributed by atoms with Crippen LogP contribution in [0.25, 0.3) is 16.8 Å². The molecular weight excluding hydrogens is 370 g/mol. The Hall–Kier alpha value is -2.18. The quantitative estimate of drug-likeness (QED) is 0.514. The maximum Gasteiger partial charge on any atom is 0.420 e. The minimum atomic E-state index is -4.65. The van der Waals surface area contributed by atoms with E-state index >= 15 is 0 Å². The van der Waals surface area contributed by atoms with Crippen LogP contribution in [0.3, 0.4) is 0 Å². The molecule has 2 aromatic rings. The molecule has 0 aliphatic heterocycles. The second-order valence-electron chi connectivity index (χ2n) is 6.75. The van der Waals surface area contributed by atoms with Gasteiger partial charge in [-0.1, -0.05) is 30.9 Å². The monoisotopic (exact) mass is 388 g/mol. The van der Waals surface area contributed by atoms with Gasteiger partial charge in [0.25, 0.3) is 0 Å². The van der Waals surface area contributed by atoms with Gasteiger partial charge in [0.15, 0.2) is 0 Å². The predicted octanol–water partition coefficient (Wildman–Crippen LogP) is 7.00. The van der Waals surface area contributed by atoms with Crippen molar-refractivity contribution in [2.45, 2.75) is 44.1 Å². The van der Waals surface area contributed by atoms with Gasteiger partial charge >= 0.3 is 12.4 Å². The summed E-state index contributed by atoms with van der Waals surface area (Å²) in [5, 5.41) is 0.391. The van der Waals surface area contributed by atoms with Crippen molar-refractivity contribution < 1.29 is 31.1 Å². The summed E-state index contributed by atoms with van der Waals surface area (Å²) >= 11 is 0. The molecule has 1 aliphatic carbocycles. The van der Waals surface area contributed by atoms with Gasteiger partial charge in [0.05, 0.1) is 12.0 Å². The zero-order chi connectivity index (χ0) is 19.8. The van der Waals surface area contributed by atoms with Crippen LogP contribution in [0.4, 0.5) is 26.3 Å². The van der Waals surface area contributed by atoms with Crippen molar-refractivity contribution in [1.29, 1.82) is 0 Å². The van der Waals surface area contributed by atoms with Gasteiger partial charge in [0.1, 0.15) is 11.3 Å². The van der Waals surface area contributed by atoms with Crippen LogP contribution in [0.5, 0.6) is 5.75 Å². The van der Waals surface area contributed by atoms with Crippen LogP contribution in [0.1, 0.15) is 36.8 Å². The van der Waals surface area contributed by atoms with Crippen molar-refractivity contribution in [3.8, 4) is 5.75 Å². The number of hydrogen-bond donors (Lipinski definition) is 0. The smallest absolute Gasteiger partial charge is 0.420 e. The molecular formula is C20H18F6O. The maximum absolute atomic E-state index is 13.7. The van der Waals surface area contributed by atoms with Crippen molar-refractivity contribution in [3.05, 3.63) is 48.0 Å². The van der Waals surface area contributed by atoms with Crippen LogP contribution < -0.4 is 4.74 Å². The van der Waals surface area contributed by atoms with Gasteiger partial charge in [-0.05, 0) is 54.2 Å². The number of halogens is 6. The van der Waals surface area contributed by atoms with E-state index in [9.17, 15) is 26.3 Å². The summed E-state index contributed by atoms with van der Waals surface area (Å²) in [5.74, 6) is -1.75. The molecule has 7 heteroatoms. The number of rotatable bonds is 3. The molecule has 27 heavy (non-hydrogen) atoms. The minimum Gasteiger partial charge on any atom is -0.490 e. The maximum atomic E-state index is 13.7. The molecule has 0 heterocycles. The average Bonchev–Trinajstić information content (AvgIpc) is 2.59. The van der Waals surface area contributed by atoms with E-state index < -0.39 is 29.9 Å². The summed E-state index contributed by atoms with van der Waals surface area (Å²) < 4.78 is 84.9. The van der Waals surface area contributed by atoms with Gasteiger partial charge < -0.3 is 4.74 Å². The fraction of sp³-hybridized carbons (Fsp3) is 0.400. The van der Waals surface area contributed by atoms with Gasteiger partial charge in [-0.15, -0.1) is 0 Å². The van der Waals surface area contributed by atoms with Crippen molar-refractivity contribution >= 4 is 16.8 Å². The van der Waals surface area contributed by atoms with E-state index in [0.29, 0.717) is 10.9 Å². The zero-order valence-electron chi connectivity index (χ0n) is 14.3. The predicted molar refractivity (Wildman–Crippen MR) is 91.5 cm³/mol. The first-order valence-electron chi connectivity index (χ1n) is 8.59. The molecule has 1 nitrogen and oxygen atoms in total. The lowest BCUT2D eigenvalue weighted by atomic mass is 9.87. The summed E-state index contributed by atoms with van der Waals surface area (Å²) in [6.07, 6.45) is -8.14. The third-order valence-electron chi connectivity index (χ3n) is 4.96. The molecule has 0 spiro atoms. The number of alkyl halides is 6. The molecule has 146 valence electrons. The molecule has 0 bridgehead atoms. The van der Waals surface area contributed by atoms with Gasteiger partial charge in [-0.3, -0.25) is 0 Å². The number of benzene rings is 2. The molecule has 1 aliphatic rings. The topological polar surface area (TPSA) is 9.23 Å². The fourth-order valence-corrected chi connectivity index (χ4v) is 3.53. The van der Waals surface area contributed by atoms with Crippen LogP contribution in [-0.2, 0) is 6.18 Å². The molecule has 2 aromatic carbocycles. The lowest BCUT2D eigenvalue weighted by molar-refractivity contribution is -0.185. The molecule has 3 rings (SSSR count). The van der Waals surface area contributed by atoms with Crippen LogP contribution in [0.15, 0.2) is 36.9 Å². The van der Waals surface area contributed by atoms with E-state index in [-0.39, 0.29) is 36.8 Å². The van der Waals surface area contributed by atoms with E-state index in [0.717, 1.165) is 0 Å². The third kappa shape index (κ3) is 4.22. The van der Waals surface area contributed by atoms with Crippen molar-refractivity contribution in [1.82, 2.24) is 0 Å². The highest BCUT2D eigenvalue weighted by atomic mass is 19.4. The molecule has 0 atom stereocenters. The van der Waals surface area contributed by atoms with E-state index in [4.69, 9.17) is 4.74 Å². The molecule has 1 saturated carbocycles. The lowest BCUT2D eigenvalue weighted by Gasteiger charge is -2.31. The Morgan fingerprint density at radius 1 is 0.926 bits per heavy atom. The highest BCUT2D eigenvalue weighted by Crippen LogP contribution is 2.44. The fourth-order valence-electron chi connectivity index (χ4n) is 3.53. The Morgan fingerprint density at radius 3 is 2.15 bits per heavy atom. The van der Waals surface area contributed by atoms with Gasteiger partial charge in [-0.25, -0.2) is 0 Å². The van der Waals surface area contributed by atoms with E-state index in [1.54, 1.807) is 6.07 Å². The first-order valence-corrected chi connectivity index (χ1v) is 8.59. The highest BCUT2D eigenvalue weighted by Gasteiger charge is 2.42. The van der Waals surface area contributed by atoms with Crippen LogP contribution >= 0.6 is 0 Å². The van der Waals surface area contributed by atoms with Crippen molar-refractivity contribution in [2.75, 3.05) is 0 Å². The summed E-state index contributed by atoms with van der Waals surface area (Å²) in [6, 6.07) is 7.25. The summed E-state index contributed by atoms with van der Waals surface area (Å²) in [6.45, 7) is 3.60. The second-order valence-corrected chi connectivity index (χ2v) is 6.75. The van der Waals surface area contributed by atoms with E-state index in [1.807, 2.05) is 0 Å². The molecule has 0 aromatic heterocycles. The molecule has 0 radical (unpaired) electrons. The second kappa shape index (κ2) is 7.09. The summed E-state index contributed by atoms with van der Waals surface area (Å²) in [5.41, 5.74) is -0.205. The van der Waals surface area contributed by atoms with Gasteiger partial charge in [-0.2, -0.15) is 26.3 Å². The number of hydrogen-bond acceptors (Lipinski definition) is 1. The normalized spacial score (nSPS) is 21.3. The van der Waals surface area contributed by atoms with Crippen LogP contribution in [0, 0.1) is 5.92 Å². The Labute approximate surface area is 152 Å².